The number of nitrogens with zero attached hydrogens (tertiary/aromatic N) is 6. The molecule has 0 bridgehead atoms. The maximum absolute atomic E-state index is 14.8. The van der Waals surface area contributed by atoms with Gasteiger partial charge in [0.15, 0.2) is 11.6 Å². The van der Waals surface area contributed by atoms with E-state index in [1.165, 1.54) is 18.4 Å². The third-order valence-corrected chi connectivity index (χ3v) is 8.91. The number of alkyl halides is 3. The van der Waals surface area contributed by atoms with Gasteiger partial charge in [-0.15, -0.1) is 0 Å². The molecule has 1 atom stereocenters. The van der Waals surface area contributed by atoms with E-state index in [0.717, 1.165) is 31.3 Å². The molecular formula is C32H26ClF5N6O6. The van der Waals surface area contributed by atoms with E-state index in [1.807, 2.05) is 9.47 Å². The van der Waals surface area contributed by atoms with Crippen molar-refractivity contribution in [2.45, 2.75) is 44.5 Å². The number of anilines is 1. The first-order valence-electron chi connectivity index (χ1n) is 15.0. The number of carboxylic acid groups (broad SMARTS) is 2. The van der Waals surface area contributed by atoms with Crippen LogP contribution in [0.4, 0.5) is 27.8 Å². The molecule has 262 valence electrons. The highest BCUT2D eigenvalue weighted by Crippen LogP contribution is 2.65. The maximum Gasteiger partial charge on any atom is 0.490 e. The summed E-state index contributed by atoms with van der Waals surface area (Å²) in [4.78, 5) is 39.8. The van der Waals surface area contributed by atoms with Crippen molar-refractivity contribution < 1.29 is 50.9 Å². The highest BCUT2D eigenvalue weighted by Gasteiger charge is 2.57. The van der Waals surface area contributed by atoms with Crippen molar-refractivity contribution in [2.24, 2.45) is 5.41 Å². The number of aliphatic carboxylic acids is 1. The summed E-state index contributed by atoms with van der Waals surface area (Å²) in [6, 6.07) is 9.14. The van der Waals surface area contributed by atoms with Gasteiger partial charge in [0.2, 0.25) is 5.89 Å². The fraction of sp³-hybridized carbons (Fsp3) is 0.312. The normalized spacial score (nSPS) is 16.6. The van der Waals surface area contributed by atoms with E-state index in [-0.39, 0.29) is 45.9 Å². The summed E-state index contributed by atoms with van der Waals surface area (Å²) in [7, 11) is 0. The fourth-order valence-corrected chi connectivity index (χ4v) is 6.18. The zero-order valence-electron chi connectivity index (χ0n) is 25.7. The van der Waals surface area contributed by atoms with Crippen molar-refractivity contribution in [1.82, 2.24) is 24.5 Å². The first kappa shape index (κ1) is 34.5. The average molecular weight is 721 g/mol. The number of piperidine rings is 1. The van der Waals surface area contributed by atoms with Crippen LogP contribution in [-0.2, 0) is 17.9 Å². The van der Waals surface area contributed by atoms with Gasteiger partial charge in [0.25, 0.3) is 0 Å². The van der Waals surface area contributed by atoms with E-state index in [2.05, 4.69) is 15.0 Å². The van der Waals surface area contributed by atoms with E-state index in [9.17, 15) is 31.9 Å². The van der Waals surface area contributed by atoms with E-state index in [4.69, 9.17) is 35.6 Å². The van der Waals surface area contributed by atoms with Crippen LogP contribution < -0.4 is 9.64 Å². The van der Waals surface area contributed by atoms with Crippen LogP contribution >= 0.6 is 11.6 Å². The number of aromatic nitrogens is 5. The van der Waals surface area contributed by atoms with E-state index in [0.29, 0.717) is 36.6 Å². The molecule has 0 radical (unpaired) electrons. The van der Waals surface area contributed by atoms with Crippen molar-refractivity contribution in [1.29, 1.82) is 0 Å². The summed E-state index contributed by atoms with van der Waals surface area (Å²) >= 11 is 5.81. The maximum atomic E-state index is 14.8. The van der Waals surface area contributed by atoms with Crippen molar-refractivity contribution in [3.63, 3.8) is 0 Å². The van der Waals surface area contributed by atoms with Gasteiger partial charge >= 0.3 is 24.1 Å². The Balaban J connectivity index is 0.000000561. The number of imidazole rings is 1. The molecule has 3 aromatic heterocycles. The highest BCUT2D eigenvalue weighted by atomic mass is 35.5. The number of hydrogen-bond donors (Lipinski definition) is 2. The average Bonchev–Trinajstić information content (AvgIpc) is 3.35. The Labute approximate surface area is 284 Å². The molecule has 1 spiro atoms. The molecule has 1 aliphatic heterocycles. The van der Waals surface area contributed by atoms with Crippen LogP contribution in [0.15, 0.2) is 59.5 Å². The summed E-state index contributed by atoms with van der Waals surface area (Å²) in [5, 5.41) is 17.0. The molecule has 18 heteroatoms. The number of aromatic carboxylic acids is 1. The minimum absolute atomic E-state index is 0.0171. The highest BCUT2D eigenvalue weighted by molar-refractivity contribution is 6.30. The quantitative estimate of drug-likeness (QED) is 0.169. The number of oxazole rings is 1. The number of halogens is 6. The first-order chi connectivity index (χ1) is 23.7. The molecular weight excluding hydrogens is 695 g/mol. The second-order valence-electron chi connectivity index (χ2n) is 11.7. The molecule has 1 saturated heterocycles. The molecule has 2 N–H and O–H groups in total. The molecule has 1 unspecified atom stereocenters. The van der Waals surface area contributed by atoms with Crippen LogP contribution in [0, 0.1) is 17.0 Å². The van der Waals surface area contributed by atoms with Crippen molar-refractivity contribution in [3.05, 3.63) is 94.6 Å². The number of ether oxygens (including phenoxy) is 1. The molecule has 4 heterocycles. The standard InChI is InChI=1S/C30H25ClF2N6O4.C2HF3O2/c31-19-3-1-18(21(32)12-19)16-43-29-35-14-22(33)27(37-29)38-8-5-30(6-9-38)13-20(30)26-36-23-4-2-17(28(40)41)11-24(23)39(26)15-25-34-7-10-42-25;3-2(4,5)1(6)7/h1-4,7,10-12,14,20H,5-6,8-9,13,15-16H2,(H,40,41);(H,6,7). The van der Waals surface area contributed by atoms with Gasteiger partial charge < -0.3 is 28.8 Å². The van der Waals surface area contributed by atoms with Gasteiger partial charge in [-0.1, -0.05) is 17.7 Å². The number of fused-ring (bicyclic) bond motifs is 1. The number of benzene rings is 2. The topological polar surface area (TPSA) is 157 Å². The summed E-state index contributed by atoms with van der Waals surface area (Å²) in [5.41, 5.74) is 1.87. The Hall–Kier alpha value is -5.32. The summed E-state index contributed by atoms with van der Waals surface area (Å²) in [5.74, 6) is -3.18. The van der Waals surface area contributed by atoms with Crippen LogP contribution in [0.25, 0.3) is 11.0 Å². The summed E-state index contributed by atoms with van der Waals surface area (Å²) < 4.78 is 73.8. The lowest BCUT2D eigenvalue weighted by atomic mass is 9.90. The van der Waals surface area contributed by atoms with Crippen LogP contribution in [0.2, 0.25) is 5.02 Å². The Morgan fingerprint density at radius 2 is 1.78 bits per heavy atom. The summed E-state index contributed by atoms with van der Waals surface area (Å²) in [6.07, 6.45) is 1.55. The molecule has 12 nitrogen and oxygen atoms in total. The van der Waals surface area contributed by atoms with Gasteiger partial charge in [-0.25, -0.2) is 33.3 Å². The predicted octanol–water partition coefficient (Wildman–Crippen LogP) is 6.48. The largest absolute Gasteiger partial charge is 0.490 e. The Morgan fingerprint density at radius 3 is 2.42 bits per heavy atom. The predicted molar refractivity (Wildman–Crippen MR) is 165 cm³/mol. The molecule has 2 aromatic carbocycles. The number of carboxylic acids is 2. The Kier molecular flexibility index (Phi) is 9.35. The minimum atomic E-state index is -5.08. The molecule has 5 aromatic rings. The Bertz CT molecular complexity index is 2050. The van der Waals surface area contributed by atoms with Crippen LogP contribution in [-0.4, -0.2) is 65.9 Å². The van der Waals surface area contributed by atoms with Crippen LogP contribution in [0.5, 0.6) is 6.01 Å². The first-order valence-corrected chi connectivity index (χ1v) is 15.4. The monoisotopic (exact) mass is 720 g/mol. The van der Waals surface area contributed by atoms with Gasteiger partial charge in [0, 0.05) is 29.6 Å². The van der Waals surface area contributed by atoms with Crippen molar-refractivity contribution >= 4 is 40.4 Å². The van der Waals surface area contributed by atoms with Gasteiger partial charge in [-0.3, -0.25) is 0 Å². The second-order valence-corrected chi connectivity index (χ2v) is 12.2. The van der Waals surface area contributed by atoms with Gasteiger partial charge in [-0.05, 0) is 55.0 Å². The molecule has 2 fully saturated rings. The van der Waals surface area contributed by atoms with Gasteiger partial charge in [0.05, 0.1) is 29.0 Å². The molecule has 7 rings (SSSR count). The second kappa shape index (κ2) is 13.5. The molecule has 1 aliphatic carbocycles. The van der Waals surface area contributed by atoms with Crippen LogP contribution in [0.1, 0.15) is 52.8 Å². The lowest BCUT2D eigenvalue weighted by Crippen LogP contribution is -2.36. The number of rotatable bonds is 8. The zero-order valence-corrected chi connectivity index (χ0v) is 26.5. The fourth-order valence-electron chi connectivity index (χ4n) is 6.02. The lowest BCUT2D eigenvalue weighted by molar-refractivity contribution is -0.192. The number of carbonyl (C=O) groups is 2. The SMILES string of the molecule is O=C(O)C(F)(F)F.O=C(O)c1ccc2nc(C3CC34CCN(c3nc(OCc5ccc(Cl)cc5F)ncc3F)CC4)n(Cc3ncco3)c2c1. The van der Waals surface area contributed by atoms with E-state index >= 15 is 0 Å². The minimum Gasteiger partial charge on any atom is -0.478 e. The molecule has 50 heavy (non-hydrogen) atoms. The zero-order chi connectivity index (χ0) is 35.8. The smallest absolute Gasteiger partial charge is 0.478 e. The number of hydrogen-bond acceptors (Lipinski definition) is 9. The molecule has 0 amide bonds. The van der Waals surface area contributed by atoms with E-state index < -0.39 is 29.7 Å². The molecule has 1 saturated carbocycles. The summed E-state index contributed by atoms with van der Waals surface area (Å²) in [6.45, 7) is 1.34. The Morgan fingerprint density at radius 1 is 1.04 bits per heavy atom. The third kappa shape index (κ3) is 7.31. The van der Waals surface area contributed by atoms with E-state index in [1.54, 1.807) is 30.5 Å². The molecule has 2 aliphatic rings. The van der Waals surface area contributed by atoms with Crippen molar-refractivity contribution in [2.75, 3.05) is 18.0 Å². The van der Waals surface area contributed by atoms with Crippen LogP contribution in [0.3, 0.4) is 0 Å². The third-order valence-electron chi connectivity index (χ3n) is 8.68. The lowest BCUT2D eigenvalue weighted by Gasteiger charge is -2.33. The van der Waals surface area contributed by atoms with Crippen molar-refractivity contribution in [3.8, 4) is 6.01 Å². The van der Waals surface area contributed by atoms with Gasteiger partial charge in [-0.2, -0.15) is 18.2 Å². The van der Waals surface area contributed by atoms with Gasteiger partial charge in [0.1, 0.15) is 31.1 Å².